The summed E-state index contributed by atoms with van der Waals surface area (Å²) in [6.07, 6.45) is 0. The zero-order chi connectivity index (χ0) is 24.5. The number of carbonyl (C=O) groups is 1. The lowest BCUT2D eigenvalue weighted by Crippen LogP contribution is -2.46. The Bertz CT molecular complexity index is 1420. The molecule has 0 fully saturated rings. The summed E-state index contributed by atoms with van der Waals surface area (Å²) in [5.74, 6) is 0.283. The van der Waals surface area contributed by atoms with E-state index in [1.165, 1.54) is 41.3 Å². The number of methoxy groups -OCH3 is 1. The Morgan fingerprint density at radius 3 is 2.37 bits per heavy atom. The van der Waals surface area contributed by atoms with E-state index in [9.17, 15) is 13.6 Å². The van der Waals surface area contributed by atoms with Crippen molar-refractivity contribution >= 4 is 17.3 Å². The van der Waals surface area contributed by atoms with Crippen molar-refractivity contribution in [3.05, 3.63) is 102 Å². The Balaban J connectivity index is 1.65. The van der Waals surface area contributed by atoms with Gasteiger partial charge in [0.1, 0.15) is 17.4 Å². The second kappa shape index (κ2) is 9.02. The maximum absolute atomic E-state index is 13.5. The largest absolute Gasteiger partial charge is 0.497 e. The van der Waals surface area contributed by atoms with E-state index in [4.69, 9.17) is 9.26 Å². The first-order chi connectivity index (χ1) is 16.9. The molecule has 1 N–H and O–H groups in total. The molecule has 7 nitrogen and oxygen atoms in total. The highest BCUT2D eigenvalue weighted by Gasteiger charge is 2.36. The molecule has 1 aromatic heterocycles. The van der Waals surface area contributed by atoms with Gasteiger partial charge >= 0.3 is 6.03 Å². The van der Waals surface area contributed by atoms with Crippen molar-refractivity contribution in [1.82, 2.24) is 15.5 Å². The van der Waals surface area contributed by atoms with E-state index in [-0.39, 0.29) is 17.5 Å². The van der Waals surface area contributed by atoms with Crippen LogP contribution in [0, 0.1) is 11.6 Å². The first-order valence-corrected chi connectivity index (χ1v) is 10.8. The quantitative estimate of drug-likeness (QED) is 0.400. The molecule has 4 aromatic rings. The fraction of sp³-hybridized carbons (Fsp3) is 0.115. The van der Waals surface area contributed by atoms with Crippen molar-refractivity contribution in [3.8, 4) is 17.1 Å². The number of nitrogens with one attached hydrogen (secondary N) is 1. The number of benzene rings is 3. The fourth-order valence-corrected chi connectivity index (χ4v) is 4.04. The molecule has 35 heavy (non-hydrogen) atoms. The number of carbonyl (C=O) groups excluding carboxylic acids is 1. The van der Waals surface area contributed by atoms with Crippen LogP contribution < -0.4 is 15.0 Å². The minimum atomic E-state index is -0.629. The molecule has 1 atom stereocenters. The van der Waals surface area contributed by atoms with Crippen molar-refractivity contribution in [3.63, 3.8) is 0 Å². The Kier molecular flexibility index (Phi) is 5.74. The summed E-state index contributed by atoms with van der Waals surface area (Å²) in [6, 6.07) is 17.6. The lowest BCUT2D eigenvalue weighted by atomic mass is 9.94. The van der Waals surface area contributed by atoms with E-state index < -0.39 is 17.9 Å². The van der Waals surface area contributed by atoms with Gasteiger partial charge < -0.3 is 14.6 Å². The van der Waals surface area contributed by atoms with Gasteiger partial charge in [0.05, 0.1) is 24.4 Å². The maximum Gasteiger partial charge on any atom is 0.326 e. The number of hydrogen-bond acceptors (Lipinski definition) is 5. The van der Waals surface area contributed by atoms with Gasteiger partial charge in [-0.05, 0) is 73.2 Å². The second-order valence-electron chi connectivity index (χ2n) is 7.90. The first kappa shape index (κ1) is 22.3. The SMILES string of the molecule is COc1cccc(C2NC(=O)N(c3ccc(F)cc3)C(C)=C2c2nc(-c3ccc(F)cc3)no2)c1. The predicted molar refractivity (Wildman–Crippen MR) is 125 cm³/mol. The normalized spacial score (nSPS) is 15.8. The molecular formula is C26H20F2N4O3. The molecule has 2 amide bonds. The molecule has 1 unspecified atom stereocenters. The number of rotatable bonds is 5. The van der Waals surface area contributed by atoms with Crippen LogP contribution in [0.4, 0.5) is 19.3 Å². The molecule has 5 rings (SSSR count). The Morgan fingerprint density at radius 2 is 1.69 bits per heavy atom. The smallest absolute Gasteiger partial charge is 0.326 e. The van der Waals surface area contributed by atoms with Crippen LogP contribution in [0.25, 0.3) is 17.0 Å². The highest BCUT2D eigenvalue weighted by molar-refractivity contribution is 6.01. The molecule has 0 aliphatic carbocycles. The van der Waals surface area contributed by atoms with Crippen molar-refractivity contribution in [2.75, 3.05) is 12.0 Å². The monoisotopic (exact) mass is 474 g/mol. The molecule has 1 aliphatic heterocycles. The molecule has 0 spiro atoms. The second-order valence-corrected chi connectivity index (χ2v) is 7.90. The van der Waals surface area contributed by atoms with E-state index in [1.807, 2.05) is 18.2 Å². The van der Waals surface area contributed by atoms with Crippen LogP contribution in [0.15, 0.2) is 83.0 Å². The van der Waals surface area contributed by atoms with Crippen LogP contribution in [-0.4, -0.2) is 23.3 Å². The van der Waals surface area contributed by atoms with Gasteiger partial charge in [-0.3, -0.25) is 4.90 Å². The molecule has 0 radical (unpaired) electrons. The number of anilines is 1. The third kappa shape index (κ3) is 4.23. The van der Waals surface area contributed by atoms with Crippen LogP contribution >= 0.6 is 0 Å². The lowest BCUT2D eigenvalue weighted by Gasteiger charge is -2.35. The van der Waals surface area contributed by atoms with Crippen LogP contribution in [0.5, 0.6) is 5.75 Å². The first-order valence-electron chi connectivity index (χ1n) is 10.8. The number of nitrogens with zero attached hydrogens (tertiary/aromatic N) is 3. The number of hydrogen-bond donors (Lipinski definition) is 1. The summed E-state index contributed by atoms with van der Waals surface area (Å²) in [5, 5.41) is 7.05. The van der Waals surface area contributed by atoms with Crippen LogP contribution in [-0.2, 0) is 0 Å². The summed E-state index contributed by atoms with van der Waals surface area (Å²) in [7, 11) is 1.56. The number of aromatic nitrogens is 2. The van der Waals surface area contributed by atoms with Crippen LogP contribution in [0.1, 0.15) is 24.4 Å². The van der Waals surface area contributed by atoms with Gasteiger partial charge in [0.2, 0.25) is 5.82 Å². The summed E-state index contributed by atoms with van der Waals surface area (Å²) < 4.78 is 37.9. The summed E-state index contributed by atoms with van der Waals surface area (Å²) in [6.45, 7) is 1.76. The van der Waals surface area contributed by atoms with Crippen molar-refractivity contribution in [2.45, 2.75) is 13.0 Å². The Morgan fingerprint density at radius 1 is 1.00 bits per heavy atom. The lowest BCUT2D eigenvalue weighted by molar-refractivity contribution is 0.244. The highest BCUT2D eigenvalue weighted by atomic mass is 19.1. The summed E-state index contributed by atoms with van der Waals surface area (Å²) in [5.41, 5.74) is 2.88. The molecule has 0 saturated carbocycles. The van der Waals surface area contributed by atoms with Crippen LogP contribution in [0.2, 0.25) is 0 Å². The van der Waals surface area contributed by atoms with Gasteiger partial charge in [-0.1, -0.05) is 17.3 Å². The predicted octanol–water partition coefficient (Wildman–Crippen LogP) is 5.73. The molecule has 9 heteroatoms. The average molecular weight is 474 g/mol. The van der Waals surface area contributed by atoms with E-state index >= 15 is 0 Å². The minimum absolute atomic E-state index is 0.182. The average Bonchev–Trinajstić information content (AvgIpc) is 3.35. The van der Waals surface area contributed by atoms with Gasteiger partial charge in [0, 0.05) is 11.3 Å². The fourth-order valence-electron chi connectivity index (χ4n) is 4.04. The van der Waals surface area contributed by atoms with Gasteiger partial charge in [-0.15, -0.1) is 0 Å². The molecular weight excluding hydrogens is 454 g/mol. The van der Waals surface area contributed by atoms with Crippen molar-refractivity contribution < 1.29 is 22.8 Å². The van der Waals surface area contributed by atoms with Crippen molar-refractivity contribution in [1.29, 1.82) is 0 Å². The molecule has 0 bridgehead atoms. The minimum Gasteiger partial charge on any atom is -0.497 e. The highest BCUT2D eigenvalue weighted by Crippen LogP contribution is 2.39. The summed E-state index contributed by atoms with van der Waals surface area (Å²) >= 11 is 0. The van der Waals surface area contributed by atoms with E-state index in [2.05, 4.69) is 15.5 Å². The number of ether oxygens (including phenoxy) is 1. The number of amides is 2. The van der Waals surface area contributed by atoms with Gasteiger partial charge in [0.15, 0.2) is 0 Å². The number of halogens is 2. The number of urea groups is 1. The van der Waals surface area contributed by atoms with Gasteiger partial charge in [-0.25, -0.2) is 13.6 Å². The summed E-state index contributed by atoms with van der Waals surface area (Å²) in [4.78, 5) is 19.2. The van der Waals surface area contributed by atoms with E-state index in [0.29, 0.717) is 28.3 Å². The van der Waals surface area contributed by atoms with E-state index in [1.54, 1.807) is 32.2 Å². The zero-order valence-electron chi connectivity index (χ0n) is 18.8. The van der Waals surface area contributed by atoms with Crippen LogP contribution in [0.3, 0.4) is 0 Å². The molecule has 1 aliphatic rings. The third-order valence-electron chi connectivity index (χ3n) is 5.76. The van der Waals surface area contributed by atoms with Gasteiger partial charge in [0.25, 0.3) is 5.89 Å². The van der Waals surface area contributed by atoms with Crippen molar-refractivity contribution in [2.24, 2.45) is 0 Å². The maximum atomic E-state index is 13.5. The molecule has 3 aromatic carbocycles. The zero-order valence-corrected chi connectivity index (χ0v) is 18.8. The third-order valence-corrected chi connectivity index (χ3v) is 5.76. The molecule has 2 heterocycles. The van der Waals surface area contributed by atoms with Gasteiger partial charge in [-0.2, -0.15) is 4.98 Å². The number of allylic oxidation sites excluding steroid dienone is 1. The molecule has 176 valence electrons. The Labute approximate surface area is 199 Å². The van der Waals surface area contributed by atoms with E-state index in [0.717, 1.165) is 5.56 Å². The Hall–Kier alpha value is -4.53. The standard InChI is InChI=1S/C26H20F2N4O3/c1-15-22(25-30-24(31-35-25)16-6-8-18(27)9-7-16)23(17-4-3-5-21(14-17)34-2)29-26(33)32(15)20-12-10-19(28)11-13-20/h3-14,23H,1-2H3,(H,29,33). The molecule has 0 saturated heterocycles. The topological polar surface area (TPSA) is 80.5 Å².